The van der Waals surface area contributed by atoms with E-state index in [9.17, 15) is 16.8 Å². The second kappa shape index (κ2) is 5.84. The van der Waals surface area contributed by atoms with Crippen molar-refractivity contribution in [3.8, 4) is 0 Å². The lowest BCUT2D eigenvalue weighted by Crippen LogP contribution is -2.26. The highest BCUT2D eigenvalue weighted by Gasteiger charge is 2.50. The van der Waals surface area contributed by atoms with Gasteiger partial charge in [0.25, 0.3) is 0 Å². The van der Waals surface area contributed by atoms with Gasteiger partial charge in [-0.05, 0) is 24.3 Å². The van der Waals surface area contributed by atoms with Crippen molar-refractivity contribution >= 4 is 46.2 Å². The molecule has 0 spiro atoms. The van der Waals surface area contributed by atoms with Gasteiger partial charge in [0.1, 0.15) is 11.0 Å². The topological polar surface area (TPSA) is 157 Å². The average molecular weight is 404 g/mol. The van der Waals surface area contributed by atoms with Crippen LogP contribution in [-0.4, -0.2) is 36.0 Å². The van der Waals surface area contributed by atoms with Gasteiger partial charge < -0.3 is 14.4 Å². The summed E-state index contributed by atoms with van der Waals surface area (Å²) in [5, 5.41) is -1.87. The van der Waals surface area contributed by atoms with Gasteiger partial charge in [0, 0.05) is 0 Å². The number of hydrogen-bond acceptors (Lipinski definition) is 8. The molecule has 0 radical (unpaired) electrons. The number of rotatable bonds is 2. The predicted molar refractivity (Wildman–Crippen MR) is 91.0 cm³/mol. The SMILES string of the molecule is [N-]=[N+]=C(S(=O)(=O)c1nc2ccccc2o1)S(=O)(=O)c1nc2ccccc2o1. The molecule has 4 aromatic rings. The molecule has 0 saturated heterocycles. The maximum absolute atomic E-state index is 12.7. The van der Waals surface area contributed by atoms with Crippen LogP contribution in [0.1, 0.15) is 0 Å². The number of aromatic nitrogens is 2. The van der Waals surface area contributed by atoms with E-state index in [1.165, 1.54) is 24.3 Å². The molecule has 27 heavy (non-hydrogen) atoms. The zero-order valence-corrected chi connectivity index (χ0v) is 14.8. The molecule has 12 heteroatoms. The molecular weight excluding hydrogens is 396 g/mol. The second-order valence-corrected chi connectivity index (χ2v) is 9.01. The van der Waals surface area contributed by atoms with E-state index < -0.39 is 34.5 Å². The van der Waals surface area contributed by atoms with E-state index in [0.29, 0.717) is 0 Å². The Labute approximate surface area is 151 Å². The van der Waals surface area contributed by atoms with Gasteiger partial charge in [0.2, 0.25) is 0 Å². The molecule has 0 N–H and O–H groups in total. The van der Waals surface area contributed by atoms with E-state index in [0.717, 1.165) is 0 Å². The zero-order valence-electron chi connectivity index (χ0n) is 13.2. The number of para-hydroxylation sites is 4. The summed E-state index contributed by atoms with van der Waals surface area (Å²) in [6.45, 7) is 0. The summed E-state index contributed by atoms with van der Waals surface area (Å²) in [5.74, 6) is 0. The fourth-order valence-corrected chi connectivity index (χ4v) is 5.27. The maximum Gasteiger partial charge on any atom is 0.513 e. The smallest absolute Gasteiger partial charge is 0.427 e. The van der Waals surface area contributed by atoms with Crippen LogP contribution < -0.4 is 0 Å². The molecule has 2 heterocycles. The van der Waals surface area contributed by atoms with E-state index in [4.69, 9.17) is 14.4 Å². The van der Waals surface area contributed by atoms with Crippen molar-refractivity contribution in [1.29, 1.82) is 0 Å². The Morgan fingerprint density at radius 2 is 1.19 bits per heavy atom. The number of hydrogen-bond donors (Lipinski definition) is 0. The molecule has 0 aliphatic rings. The third kappa shape index (κ3) is 2.63. The fraction of sp³-hybridized carbons (Fsp3) is 0. The lowest BCUT2D eigenvalue weighted by atomic mass is 10.3. The van der Waals surface area contributed by atoms with Crippen molar-refractivity contribution in [1.82, 2.24) is 9.97 Å². The molecule has 2 aromatic heterocycles. The molecule has 0 bridgehead atoms. The third-order valence-electron chi connectivity index (χ3n) is 3.55. The van der Waals surface area contributed by atoms with Gasteiger partial charge in [-0.2, -0.15) is 9.97 Å². The fourth-order valence-electron chi connectivity index (χ4n) is 2.33. The van der Waals surface area contributed by atoms with Crippen LogP contribution in [0.4, 0.5) is 0 Å². The molecule has 4 rings (SSSR count). The summed E-state index contributed by atoms with van der Waals surface area (Å²) in [4.78, 5) is 9.95. The molecule has 0 amide bonds. The Kier molecular flexibility index (Phi) is 3.70. The molecule has 10 nitrogen and oxygen atoms in total. The van der Waals surface area contributed by atoms with Crippen molar-refractivity contribution < 1.29 is 30.5 Å². The first kappa shape index (κ1) is 17.1. The van der Waals surface area contributed by atoms with E-state index in [1.807, 2.05) is 0 Å². The Balaban J connectivity index is 1.88. The first-order valence-corrected chi connectivity index (χ1v) is 10.2. The minimum atomic E-state index is -4.92. The molecule has 0 unspecified atom stereocenters. The second-order valence-electron chi connectivity index (χ2n) is 5.27. The summed E-state index contributed by atoms with van der Waals surface area (Å²) in [5.41, 5.74) is 9.77. The molecular formula is C15H8N4O6S2. The van der Waals surface area contributed by atoms with Gasteiger partial charge in [0.15, 0.2) is 11.2 Å². The third-order valence-corrected chi connectivity index (χ3v) is 7.22. The Bertz CT molecular complexity index is 1290. The Morgan fingerprint density at radius 3 is 1.56 bits per heavy atom. The standard InChI is InChI=1S/C15H8N4O6S2/c16-19-15(26(20,21)13-17-9-5-1-3-7-11(9)24-13)27(22,23)14-18-10-6-2-4-8-12(10)25-14/h1-8H. The highest BCUT2D eigenvalue weighted by Crippen LogP contribution is 2.25. The molecule has 0 aliphatic carbocycles. The molecule has 0 atom stereocenters. The van der Waals surface area contributed by atoms with Crippen LogP contribution >= 0.6 is 0 Å². The van der Waals surface area contributed by atoms with Gasteiger partial charge in [0.05, 0.1) is 0 Å². The van der Waals surface area contributed by atoms with Gasteiger partial charge in [-0.3, -0.25) is 0 Å². The first-order chi connectivity index (χ1) is 12.8. The summed E-state index contributed by atoms with van der Waals surface area (Å²) in [7, 11) is -9.84. The number of fused-ring (bicyclic) bond motifs is 2. The first-order valence-electron chi connectivity index (χ1n) is 7.27. The predicted octanol–water partition coefficient (Wildman–Crippen LogP) is 1.80. The maximum atomic E-state index is 12.7. The number of sulfone groups is 2. The van der Waals surface area contributed by atoms with Crippen molar-refractivity contribution in [2.75, 3.05) is 0 Å². The number of oxazole rings is 2. The molecule has 0 aliphatic heterocycles. The normalized spacial score (nSPS) is 12.3. The van der Waals surface area contributed by atoms with Gasteiger partial charge in [-0.15, -0.1) is 4.79 Å². The van der Waals surface area contributed by atoms with Crippen LogP contribution in [0.15, 0.2) is 67.8 Å². The van der Waals surface area contributed by atoms with Crippen molar-refractivity contribution in [2.45, 2.75) is 10.4 Å². The quantitative estimate of drug-likeness (QED) is 0.212. The van der Waals surface area contributed by atoms with Crippen molar-refractivity contribution in [2.24, 2.45) is 0 Å². The summed E-state index contributed by atoms with van der Waals surface area (Å²) >= 11 is 0. The molecule has 0 saturated carbocycles. The lowest BCUT2D eigenvalue weighted by molar-refractivity contribution is 0.00358. The van der Waals surface area contributed by atoms with Crippen LogP contribution in [0, 0.1) is 0 Å². The summed E-state index contributed by atoms with van der Waals surface area (Å²) in [6, 6.07) is 12.2. The summed E-state index contributed by atoms with van der Waals surface area (Å²) in [6.07, 6.45) is 0. The Morgan fingerprint density at radius 1 is 0.778 bits per heavy atom. The van der Waals surface area contributed by atoms with Crippen LogP contribution in [0.3, 0.4) is 0 Å². The van der Waals surface area contributed by atoms with Crippen LogP contribution in [0.5, 0.6) is 0 Å². The highest BCUT2D eigenvalue weighted by molar-refractivity contribution is 8.30. The monoisotopic (exact) mass is 404 g/mol. The Hall–Kier alpha value is -3.34. The largest absolute Gasteiger partial charge is 0.513 e. The van der Waals surface area contributed by atoms with Crippen LogP contribution in [0.2, 0.25) is 0 Å². The highest BCUT2D eigenvalue weighted by atomic mass is 32.3. The van der Waals surface area contributed by atoms with E-state index >= 15 is 0 Å². The average Bonchev–Trinajstić information content (AvgIpc) is 3.26. The number of nitrogens with zero attached hydrogens (tertiary/aromatic N) is 4. The van der Waals surface area contributed by atoms with Crippen LogP contribution in [-0.2, 0) is 19.7 Å². The van der Waals surface area contributed by atoms with Gasteiger partial charge >= 0.3 is 34.5 Å². The minimum Gasteiger partial charge on any atom is -0.427 e. The van der Waals surface area contributed by atoms with Gasteiger partial charge in [-0.25, -0.2) is 16.8 Å². The lowest BCUT2D eigenvalue weighted by Gasteiger charge is -1.94. The molecule has 0 fully saturated rings. The van der Waals surface area contributed by atoms with Crippen LogP contribution in [0.25, 0.3) is 27.7 Å². The zero-order chi connectivity index (χ0) is 19.2. The molecule has 136 valence electrons. The van der Waals surface area contributed by atoms with E-state index in [-0.39, 0.29) is 22.2 Å². The van der Waals surface area contributed by atoms with Crippen molar-refractivity contribution in [3.05, 3.63) is 54.1 Å². The van der Waals surface area contributed by atoms with E-state index in [1.54, 1.807) is 24.3 Å². The van der Waals surface area contributed by atoms with Crippen molar-refractivity contribution in [3.63, 3.8) is 0 Å². The molecule has 2 aromatic carbocycles. The summed E-state index contributed by atoms with van der Waals surface area (Å²) < 4.78 is 59.3. The van der Waals surface area contributed by atoms with Gasteiger partial charge in [-0.1, -0.05) is 24.3 Å². The van der Waals surface area contributed by atoms with E-state index in [2.05, 4.69) is 14.8 Å². The number of benzene rings is 2. The minimum absolute atomic E-state index is 0.118.